The molecule has 0 saturated heterocycles. The van der Waals surface area contributed by atoms with Crippen LogP contribution in [0.4, 0.5) is 0 Å². The molecule has 1 atom stereocenters. The van der Waals surface area contributed by atoms with E-state index in [1.165, 1.54) is 42.1 Å². The molecule has 18 heavy (non-hydrogen) atoms. The molecule has 1 aliphatic rings. The summed E-state index contributed by atoms with van der Waals surface area (Å²) >= 11 is 7.13. The second-order valence-corrected chi connectivity index (χ2v) is 7.05. The van der Waals surface area contributed by atoms with Crippen molar-refractivity contribution in [3.05, 3.63) is 32.7 Å². The van der Waals surface area contributed by atoms with Gasteiger partial charge in [-0.15, -0.1) is 0 Å². The van der Waals surface area contributed by atoms with Crippen LogP contribution < -0.4 is 5.32 Å². The summed E-state index contributed by atoms with van der Waals surface area (Å²) in [6.07, 6.45) is 7.10. The van der Waals surface area contributed by atoms with Gasteiger partial charge in [-0.25, -0.2) is 0 Å². The van der Waals surface area contributed by atoms with E-state index in [-0.39, 0.29) is 0 Å². The zero-order chi connectivity index (χ0) is 13.0. The number of nitrogens with one attached hydrogen (secondary N) is 1. The van der Waals surface area contributed by atoms with Crippen molar-refractivity contribution in [1.82, 2.24) is 5.32 Å². The molecule has 0 spiro atoms. The summed E-state index contributed by atoms with van der Waals surface area (Å²) in [5.74, 6) is 0.970. The first-order valence-electron chi connectivity index (χ1n) is 6.85. The van der Waals surface area contributed by atoms with Crippen molar-refractivity contribution >= 4 is 31.9 Å². The predicted octanol–water partition coefficient (Wildman–Crippen LogP) is 5.44. The lowest BCUT2D eigenvalue weighted by atomic mass is 10.0. The van der Waals surface area contributed by atoms with Crippen molar-refractivity contribution < 1.29 is 0 Å². The Morgan fingerprint density at radius 2 is 2.00 bits per heavy atom. The summed E-state index contributed by atoms with van der Waals surface area (Å²) in [5.41, 5.74) is 1.34. The van der Waals surface area contributed by atoms with E-state index in [4.69, 9.17) is 0 Å². The van der Waals surface area contributed by atoms with Gasteiger partial charge >= 0.3 is 0 Å². The fourth-order valence-electron chi connectivity index (χ4n) is 2.77. The van der Waals surface area contributed by atoms with Gasteiger partial charge in [0.1, 0.15) is 0 Å². The SMILES string of the molecule is CC(NCCC1CCCC1)c1ccc(Br)cc1Br. The van der Waals surface area contributed by atoms with Gasteiger partial charge in [0.2, 0.25) is 0 Å². The second-order valence-electron chi connectivity index (χ2n) is 5.28. The van der Waals surface area contributed by atoms with Crippen molar-refractivity contribution in [3.63, 3.8) is 0 Å². The summed E-state index contributed by atoms with van der Waals surface area (Å²) in [6.45, 7) is 3.37. The van der Waals surface area contributed by atoms with Gasteiger partial charge in [-0.2, -0.15) is 0 Å². The normalized spacial score (nSPS) is 18.2. The number of halogens is 2. The van der Waals surface area contributed by atoms with Crippen LogP contribution >= 0.6 is 31.9 Å². The molecule has 0 aliphatic heterocycles. The molecule has 1 nitrogen and oxygen atoms in total. The largest absolute Gasteiger partial charge is 0.310 e. The van der Waals surface area contributed by atoms with Gasteiger partial charge < -0.3 is 5.32 Å². The van der Waals surface area contributed by atoms with Crippen LogP contribution in [0.3, 0.4) is 0 Å². The van der Waals surface area contributed by atoms with E-state index in [0.29, 0.717) is 6.04 Å². The van der Waals surface area contributed by atoms with Crippen LogP contribution in [0.2, 0.25) is 0 Å². The Morgan fingerprint density at radius 1 is 1.28 bits per heavy atom. The lowest BCUT2D eigenvalue weighted by Crippen LogP contribution is -2.21. The molecule has 0 radical (unpaired) electrons. The minimum Gasteiger partial charge on any atom is -0.310 e. The lowest BCUT2D eigenvalue weighted by molar-refractivity contribution is 0.454. The van der Waals surface area contributed by atoms with Crippen molar-refractivity contribution in [2.45, 2.75) is 45.1 Å². The van der Waals surface area contributed by atoms with Crippen LogP contribution in [0.15, 0.2) is 27.1 Å². The average molecular weight is 375 g/mol. The van der Waals surface area contributed by atoms with E-state index in [2.05, 4.69) is 62.3 Å². The molecular weight excluding hydrogens is 354 g/mol. The number of hydrogen-bond donors (Lipinski definition) is 1. The summed E-state index contributed by atoms with van der Waals surface area (Å²) < 4.78 is 2.30. The zero-order valence-corrected chi connectivity index (χ0v) is 14.1. The molecule has 100 valence electrons. The van der Waals surface area contributed by atoms with Crippen molar-refractivity contribution in [2.75, 3.05) is 6.54 Å². The third kappa shape index (κ3) is 4.07. The van der Waals surface area contributed by atoms with Crippen molar-refractivity contribution in [3.8, 4) is 0 Å². The maximum absolute atomic E-state index is 3.64. The molecule has 1 fully saturated rings. The molecule has 1 saturated carbocycles. The topological polar surface area (TPSA) is 12.0 Å². The molecule has 0 aromatic heterocycles. The fraction of sp³-hybridized carbons (Fsp3) is 0.600. The maximum Gasteiger partial charge on any atom is 0.0302 e. The molecule has 1 aromatic carbocycles. The Morgan fingerprint density at radius 3 is 2.67 bits per heavy atom. The van der Waals surface area contributed by atoms with Crippen molar-refractivity contribution in [2.24, 2.45) is 5.92 Å². The highest BCUT2D eigenvalue weighted by atomic mass is 79.9. The number of rotatable bonds is 5. The standard InChI is InChI=1S/C15H21Br2N/c1-11(14-7-6-13(16)10-15(14)17)18-9-8-12-4-2-3-5-12/h6-7,10-12,18H,2-5,8-9H2,1H3. The van der Waals surface area contributed by atoms with Gasteiger partial charge in [0, 0.05) is 15.0 Å². The van der Waals surface area contributed by atoms with E-state index in [1.54, 1.807) is 0 Å². The van der Waals surface area contributed by atoms with Crippen LogP contribution in [0, 0.1) is 5.92 Å². The Balaban J connectivity index is 1.81. The maximum atomic E-state index is 3.64. The molecule has 1 unspecified atom stereocenters. The summed E-state index contributed by atoms with van der Waals surface area (Å²) in [6, 6.07) is 6.81. The van der Waals surface area contributed by atoms with Gasteiger partial charge in [0.25, 0.3) is 0 Å². The highest BCUT2D eigenvalue weighted by molar-refractivity contribution is 9.11. The smallest absolute Gasteiger partial charge is 0.0302 e. The quantitative estimate of drug-likeness (QED) is 0.723. The molecule has 3 heteroatoms. The molecule has 1 N–H and O–H groups in total. The minimum atomic E-state index is 0.411. The molecule has 1 aromatic rings. The molecule has 2 rings (SSSR count). The lowest BCUT2D eigenvalue weighted by Gasteiger charge is -2.17. The van der Waals surface area contributed by atoms with E-state index in [1.807, 2.05) is 0 Å². The van der Waals surface area contributed by atoms with Gasteiger partial charge in [0.05, 0.1) is 0 Å². The summed E-state index contributed by atoms with van der Waals surface area (Å²) in [4.78, 5) is 0. The van der Waals surface area contributed by atoms with E-state index in [9.17, 15) is 0 Å². The Kier molecular flexibility index (Phi) is 5.71. The van der Waals surface area contributed by atoms with Gasteiger partial charge in [-0.3, -0.25) is 0 Å². The summed E-state index contributed by atoms with van der Waals surface area (Å²) in [7, 11) is 0. The molecule has 0 bridgehead atoms. The minimum absolute atomic E-state index is 0.411. The van der Waals surface area contributed by atoms with Gasteiger partial charge in [-0.1, -0.05) is 63.6 Å². The Labute approximate surface area is 127 Å². The average Bonchev–Trinajstić information content (AvgIpc) is 2.81. The number of hydrogen-bond acceptors (Lipinski definition) is 1. The third-order valence-electron chi connectivity index (χ3n) is 3.91. The van der Waals surface area contributed by atoms with E-state index >= 15 is 0 Å². The Bertz CT molecular complexity index is 386. The van der Waals surface area contributed by atoms with Crippen molar-refractivity contribution in [1.29, 1.82) is 0 Å². The van der Waals surface area contributed by atoms with Crippen LogP contribution in [0.1, 0.15) is 50.6 Å². The highest BCUT2D eigenvalue weighted by Gasteiger charge is 2.15. The van der Waals surface area contributed by atoms with Crippen LogP contribution in [-0.4, -0.2) is 6.54 Å². The fourth-order valence-corrected chi connectivity index (χ4v) is 4.16. The molecule has 0 amide bonds. The Hall–Kier alpha value is 0.140. The molecule has 0 heterocycles. The van der Waals surface area contributed by atoms with E-state index < -0.39 is 0 Å². The number of benzene rings is 1. The van der Waals surface area contributed by atoms with Crippen LogP contribution in [-0.2, 0) is 0 Å². The molecular formula is C15H21Br2N. The first-order chi connectivity index (χ1) is 8.66. The monoisotopic (exact) mass is 373 g/mol. The third-order valence-corrected chi connectivity index (χ3v) is 5.09. The molecule has 1 aliphatic carbocycles. The second kappa shape index (κ2) is 7.06. The van der Waals surface area contributed by atoms with E-state index in [0.717, 1.165) is 16.9 Å². The van der Waals surface area contributed by atoms with Crippen LogP contribution in [0.5, 0.6) is 0 Å². The van der Waals surface area contributed by atoms with Crippen LogP contribution in [0.25, 0.3) is 0 Å². The van der Waals surface area contributed by atoms with Gasteiger partial charge in [-0.05, 0) is 43.5 Å². The first-order valence-corrected chi connectivity index (χ1v) is 8.43. The highest BCUT2D eigenvalue weighted by Crippen LogP contribution is 2.29. The zero-order valence-electron chi connectivity index (χ0n) is 10.9. The first kappa shape index (κ1) is 14.5. The predicted molar refractivity (Wildman–Crippen MR) is 84.8 cm³/mol. The summed E-state index contributed by atoms with van der Waals surface area (Å²) in [5, 5.41) is 3.64. The van der Waals surface area contributed by atoms with Gasteiger partial charge in [0.15, 0.2) is 0 Å².